The van der Waals surface area contributed by atoms with Gasteiger partial charge in [-0.2, -0.15) is 0 Å². The van der Waals surface area contributed by atoms with Gasteiger partial charge in [0.25, 0.3) is 0 Å². The Morgan fingerprint density at radius 2 is 0.852 bits per heavy atom. The van der Waals surface area contributed by atoms with Gasteiger partial charge in [0.05, 0.1) is 0 Å². The predicted molar refractivity (Wildman–Crippen MR) is 122 cm³/mol. The molecule has 0 aliphatic carbocycles. The first-order valence-electron chi connectivity index (χ1n) is 12.6. The Morgan fingerprint density at radius 3 is 1.26 bits per heavy atom. The SMILES string of the molecule is CCCCCCCCCCCCCCCCCCN1CCNCCNCC1. The third-order valence-corrected chi connectivity index (χ3v) is 6.02. The fourth-order valence-electron chi connectivity index (χ4n) is 4.12. The molecule has 0 saturated carbocycles. The van der Waals surface area contributed by atoms with Gasteiger partial charge in [0.15, 0.2) is 0 Å². The standard InChI is InChI=1S/C24H51N3/c1-2-3-4-5-6-7-8-9-10-11-12-13-14-15-16-17-22-27-23-20-25-18-19-26-21-24-27/h25-26H,2-24H2,1H3. The molecule has 0 atom stereocenters. The molecule has 1 rings (SSSR count). The fraction of sp³-hybridized carbons (Fsp3) is 1.00. The largest absolute Gasteiger partial charge is 0.314 e. The lowest BCUT2D eigenvalue weighted by molar-refractivity contribution is 0.273. The maximum Gasteiger partial charge on any atom is 0.0107 e. The molecule has 0 aromatic heterocycles. The second kappa shape index (κ2) is 20.6. The number of rotatable bonds is 17. The second-order valence-electron chi connectivity index (χ2n) is 8.64. The summed E-state index contributed by atoms with van der Waals surface area (Å²) in [5, 5.41) is 7.02. The van der Waals surface area contributed by atoms with Crippen LogP contribution in [0, 0.1) is 0 Å². The van der Waals surface area contributed by atoms with Gasteiger partial charge < -0.3 is 15.5 Å². The Kier molecular flexibility index (Phi) is 19.0. The zero-order chi connectivity index (χ0) is 19.3. The number of hydrogen-bond donors (Lipinski definition) is 2. The molecule has 1 saturated heterocycles. The van der Waals surface area contributed by atoms with E-state index in [0.29, 0.717) is 0 Å². The van der Waals surface area contributed by atoms with Crippen molar-refractivity contribution >= 4 is 0 Å². The zero-order valence-corrected chi connectivity index (χ0v) is 18.7. The zero-order valence-electron chi connectivity index (χ0n) is 18.7. The van der Waals surface area contributed by atoms with Crippen molar-refractivity contribution in [2.45, 2.75) is 110 Å². The Bertz CT molecular complexity index is 273. The molecule has 0 spiro atoms. The molecule has 2 N–H and O–H groups in total. The maximum atomic E-state index is 3.51. The van der Waals surface area contributed by atoms with Crippen LogP contribution in [0.1, 0.15) is 110 Å². The molecule has 0 unspecified atom stereocenters. The van der Waals surface area contributed by atoms with E-state index in [1.165, 1.54) is 122 Å². The fourth-order valence-corrected chi connectivity index (χ4v) is 4.12. The lowest BCUT2D eigenvalue weighted by Crippen LogP contribution is -2.34. The van der Waals surface area contributed by atoms with Crippen molar-refractivity contribution in [1.29, 1.82) is 0 Å². The number of unbranched alkanes of at least 4 members (excludes halogenated alkanes) is 15. The van der Waals surface area contributed by atoms with E-state index >= 15 is 0 Å². The van der Waals surface area contributed by atoms with Crippen LogP contribution in [0.5, 0.6) is 0 Å². The van der Waals surface area contributed by atoms with Crippen molar-refractivity contribution in [3.8, 4) is 0 Å². The Hall–Kier alpha value is -0.120. The van der Waals surface area contributed by atoms with E-state index < -0.39 is 0 Å². The summed E-state index contributed by atoms with van der Waals surface area (Å²) in [5.41, 5.74) is 0. The molecule has 1 fully saturated rings. The van der Waals surface area contributed by atoms with Crippen molar-refractivity contribution in [3.05, 3.63) is 0 Å². The monoisotopic (exact) mass is 381 g/mol. The molecule has 3 heteroatoms. The molecule has 0 radical (unpaired) electrons. The lowest BCUT2D eigenvalue weighted by atomic mass is 10.0. The van der Waals surface area contributed by atoms with Crippen LogP contribution in [0.15, 0.2) is 0 Å². The van der Waals surface area contributed by atoms with E-state index in [1.807, 2.05) is 0 Å². The average Bonchev–Trinajstić information content (AvgIpc) is 2.81. The van der Waals surface area contributed by atoms with Crippen LogP contribution in [0.25, 0.3) is 0 Å². The third-order valence-electron chi connectivity index (χ3n) is 6.02. The summed E-state index contributed by atoms with van der Waals surface area (Å²) < 4.78 is 0. The van der Waals surface area contributed by atoms with Gasteiger partial charge in [-0.15, -0.1) is 0 Å². The highest BCUT2D eigenvalue weighted by atomic mass is 15.2. The van der Waals surface area contributed by atoms with E-state index in [1.54, 1.807) is 0 Å². The van der Waals surface area contributed by atoms with E-state index in [0.717, 1.165) is 26.2 Å². The van der Waals surface area contributed by atoms with E-state index in [2.05, 4.69) is 22.5 Å². The topological polar surface area (TPSA) is 27.3 Å². The van der Waals surface area contributed by atoms with Gasteiger partial charge >= 0.3 is 0 Å². The molecular formula is C24H51N3. The minimum absolute atomic E-state index is 1.12. The van der Waals surface area contributed by atoms with Crippen molar-refractivity contribution < 1.29 is 0 Å². The summed E-state index contributed by atoms with van der Waals surface area (Å²) in [4.78, 5) is 2.63. The summed E-state index contributed by atoms with van der Waals surface area (Å²) in [5.74, 6) is 0. The van der Waals surface area contributed by atoms with Gasteiger partial charge in [-0.25, -0.2) is 0 Å². The minimum Gasteiger partial charge on any atom is -0.314 e. The Labute approximate surface area is 171 Å². The van der Waals surface area contributed by atoms with E-state index in [-0.39, 0.29) is 0 Å². The summed E-state index contributed by atoms with van der Waals surface area (Å²) in [6, 6.07) is 0. The van der Waals surface area contributed by atoms with Crippen LogP contribution in [-0.4, -0.2) is 50.7 Å². The van der Waals surface area contributed by atoms with Crippen molar-refractivity contribution in [2.75, 3.05) is 45.8 Å². The lowest BCUT2D eigenvalue weighted by Gasteiger charge is -2.21. The molecule has 1 heterocycles. The van der Waals surface area contributed by atoms with Gasteiger partial charge in [0.2, 0.25) is 0 Å². The number of nitrogens with zero attached hydrogens (tertiary/aromatic N) is 1. The molecule has 0 bridgehead atoms. The summed E-state index contributed by atoms with van der Waals surface area (Å²) in [6.07, 6.45) is 23.3. The Morgan fingerprint density at radius 1 is 0.481 bits per heavy atom. The van der Waals surface area contributed by atoms with Gasteiger partial charge in [-0.1, -0.05) is 103 Å². The quantitative estimate of drug-likeness (QED) is 0.314. The van der Waals surface area contributed by atoms with Crippen LogP contribution in [0.3, 0.4) is 0 Å². The number of hydrogen-bond acceptors (Lipinski definition) is 3. The molecule has 162 valence electrons. The molecule has 3 nitrogen and oxygen atoms in total. The molecular weight excluding hydrogens is 330 g/mol. The van der Waals surface area contributed by atoms with Crippen LogP contribution in [-0.2, 0) is 0 Å². The minimum atomic E-state index is 1.12. The van der Waals surface area contributed by atoms with Crippen LogP contribution < -0.4 is 10.6 Å². The van der Waals surface area contributed by atoms with E-state index in [9.17, 15) is 0 Å². The van der Waals surface area contributed by atoms with Crippen molar-refractivity contribution in [3.63, 3.8) is 0 Å². The molecule has 27 heavy (non-hydrogen) atoms. The van der Waals surface area contributed by atoms with Crippen molar-refractivity contribution in [1.82, 2.24) is 15.5 Å². The number of nitrogens with one attached hydrogen (secondary N) is 2. The molecule has 1 aliphatic rings. The van der Waals surface area contributed by atoms with Crippen molar-refractivity contribution in [2.24, 2.45) is 0 Å². The highest BCUT2D eigenvalue weighted by Crippen LogP contribution is 2.13. The Balaban J connectivity index is 1.75. The van der Waals surface area contributed by atoms with E-state index in [4.69, 9.17) is 0 Å². The summed E-state index contributed by atoms with van der Waals surface area (Å²) in [6.45, 7) is 10.6. The van der Waals surface area contributed by atoms with Crippen LogP contribution in [0.2, 0.25) is 0 Å². The molecule has 0 aromatic carbocycles. The van der Waals surface area contributed by atoms with Gasteiger partial charge in [-0.05, 0) is 13.0 Å². The highest BCUT2D eigenvalue weighted by molar-refractivity contribution is 4.65. The molecule has 0 aromatic rings. The summed E-state index contributed by atoms with van der Waals surface area (Å²) in [7, 11) is 0. The highest BCUT2D eigenvalue weighted by Gasteiger charge is 2.05. The first kappa shape index (κ1) is 24.9. The van der Waals surface area contributed by atoms with Gasteiger partial charge in [0, 0.05) is 39.3 Å². The first-order valence-corrected chi connectivity index (χ1v) is 12.6. The smallest absolute Gasteiger partial charge is 0.0107 e. The van der Waals surface area contributed by atoms with Crippen LogP contribution in [0.4, 0.5) is 0 Å². The molecule has 0 amide bonds. The normalized spacial score (nSPS) is 16.8. The summed E-state index contributed by atoms with van der Waals surface area (Å²) >= 11 is 0. The van der Waals surface area contributed by atoms with Gasteiger partial charge in [-0.3, -0.25) is 0 Å². The maximum absolute atomic E-state index is 3.51. The third kappa shape index (κ3) is 17.7. The second-order valence-corrected chi connectivity index (χ2v) is 8.64. The van der Waals surface area contributed by atoms with Crippen LogP contribution >= 0.6 is 0 Å². The first-order chi connectivity index (χ1) is 13.4. The van der Waals surface area contributed by atoms with Gasteiger partial charge in [0.1, 0.15) is 0 Å². The predicted octanol–water partition coefficient (Wildman–Crippen LogP) is 5.74. The average molecular weight is 382 g/mol. The molecule has 1 aliphatic heterocycles.